The standard InChI is InChI=1S/C21H21F3N4O3/c22-21(23,24)31-14-6-1-12(2-7-14)3-8-17(29)28-10-9-16-15(11-28)18(19(25)30)27-20(26-16)13-4-5-13/h1-2,6-7,13H,3-5,8-11H2,(H2,25,30). The maximum absolute atomic E-state index is 12.7. The molecule has 2 N–H and O–H groups in total. The summed E-state index contributed by atoms with van der Waals surface area (Å²) in [4.78, 5) is 35.2. The molecule has 0 atom stereocenters. The number of aromatic nitrogens is 2. The van der Waals surface area contributed by atoms with Crippen LogP contribution in [0.2, 0.25) is 0 Å². The first kappa shape index (κ1) is 21.1. The predicted molar refractivity (Wildman–Crippen MR) is 103 cm³/mol. The lowest BCUT2D eigenvalue weighted by Crippen LogP contribution is -2.38. The van der Waals surface area contributed by atoms with E-state index in [1.807, 2.05) is 0 Å². The lowest BCUT2D eigenvalue weighted by Gasteiger charge is -2.29. The highest BCUT2D eigenvalue weighted by Crippen LogP contribution is 2.39. The van der Waals surface area contributed by atoms with Gasteiger partial charge in [-0.1, -0.05) is 12.1 Å². The second-order valence-electron chi connectivity index (χ2n) is 7.75. The Bertz CT molecular complexity index is 1000. The minimum atomic E-state index is -4.74. The minimum absolute atomic E-state index is 0.122. The highest BCUT2D eigenvalue weighted by atomic mass is 19.4. The molecule has 1 saturated carbocycles. The number of aryl methyl sites for hydroxylation is 1. The molecule has 10 heteroatoms. The van der Waals surface area contributed by atoms with Crippen LogP contribution in [-0.4, -0.2) is 39.6 Å². The third-order valence-electron chi connectivity index (χ3n) is 5.39. The maximum Gasteiger partial charge on any atom is 0.573 e. The average Bonchev–Trinajstić information content (AvgIpc) is 3.56. The van der Waals surface area contributed by atoms with Gasteiger partial charge in [-0.2, -0.15) is 0 Å². The number of fused-ring (bicyclic) bond motifs is 1. The first-order chi connectivity index (χ1) is 14.7. The number of carbonyl (C=O) groups excluding carboxylic acids is 2. The van der Waals surface area contributed by atoms with E-state index < -0.39 is 12.3 Å². The molecule has 0 saturated heterocycles. The zero-order valence-corrected chi connectivity index (χ0v) is 16.6. The van der Waals surface area contributed by atoms with Crippen molar-refractivity contribution in [1.29, 1.82) is 0 Å². The molecule has 0 radical (unpaired) electrons. The molecule has 0 unspecified atom stereocenters. The first-order valence-electron chi connectivity index (χ1n) is 10.0. The molecule has 1 aromatic carbocycles. The average molecular weight is 434 g/mol. The van der Waals surface area contributed by atoms with Crippen molar-refractivity contribution < 1.29 is 27.5 Å². The Morgan fingerprint density at radius 2 is 1.87 bits per heavy atom. The van der Waals surface area contributed by atoms with Crippen molar-refractivity contribution in [3.63, 3.8) is 0 Å². The van der Waals surface area contributed by atoms with Crippen LogP contribution in [0.4, 0.5) is 13.2 Å². The van der Waals surface area contributed by atoms with Crippen LogP contribution in [0.1, 0.15) is 58.3 Å². The van der Waals surface area contributed by atoms with Crippen molar-refractivity contribution in [1.82, 2.24) is 14.9 Å². The molecule has 2 amide bonds. The zero-order chi connectivity index (χ0) is 22.2. The molecule has 0 spiro atoms. The Morgan fingerprint density at radius 3 is 2.48 bits per heavy atom. The number of benzene rings is 1. The third kappa shape index (κ3) is 5.12. The summed E-state index contributed by atoms with van der Waals surface area (Å²) in [7, 11) is 0. The fraction of sp³-hybridized carbons (Fsp3) is 0.429. The third-order valence-corrected chi connectivity index (χ3v) is 5.39. The second-order valence-corrected chi connectivity index (χ2v) is 7.75. The summed E-state index contributed by atoms with van der Waals surface area (Å²) in [5.74, 6) is -0.111. The van der Waals surface area contributed by atoms with E-state index in [9.17, 15) is 22.8 Å². The number of amides is 2. The van der Waals surface area contributed by atoms with Gasteiger partial charge in [-0.3, -0.25) is 9.59 Å². The van der Waals surface area contributed by atoms with E-state index >= 15 is 0 Å². The van der Waals surface area contributed by atoms with E-state index in [0.717, 1.165) is 24.1 Å². The van der Waals surface area contributed by atoms with Crippen molar-refractivity contribution in [3.8, 4) is 5.75 Å². The Kier molecular flexibility index (Phi) is 5.55. The zero-order valence-electron chi connectivity index (χ0n) is 16.6. The fourth-order valence-electron chi connectivity index (χ4n) is 3.64. The van der Waals surface area contributed by atoms with E-state index in [1.54, 1.807) is 4.90 Å². The SMILES string of the molecule is NC(=O)c1nc(C2CC2)nc2c1CN(C(=O)CCc1ccc(OC(F)(F)F)cc1)CC2. The number of nitrogens with two attached hydrogens (primary N) is 1. The minimum Gasteiger partial charge on any atom is -0.406 e. The van der Waals surface area contributed by atoms with Gasteiger partial charge < -0.3 is 15.4 Å². The van der Waals surface area contributed by atoms with Gasteiger partial charge in [0.15, 0.2) is 0 Å². The smallest absolute Gasteiger partial charge is 0.406 e. The second kappa shape index (κ2) is 8.16. The number of primary amides is 1. The monoisotopic (exact) mass is 434 g/mol. The lowest BCUT2D eigenvalue weighted by molar-refractivity contribution is -0.274. The lowest BCUT2D eigenvalue weighted by atomic mass is 10.0. The highest BCUT2D eigenvalue weighted by molar-refractivity contribution is 5.92. The summed E-state index contributed by atoms with van der Waals surface area (Å²) in [6.07, 6.45) is -1.66. The van der Waals surface area contributed by atoms with Gasteiger partial charge in [-0.15, -0.1) is 13.2 Å². The molecular weight excluding hydrogens is 413 g/mol. The molecule has 1 fully saturated rings. The van der Waals surface area contributed by atoms with E-state index in [1.165, 1.54) is 24.3 Å². The van der Waals surface area contributed by atoms with Crippen LogP contribution < -0.4 is 10.5 Å². The van der Waals surface area contributed by atoms with Gasteiger partial charge in [-0.05, 0) is 37.0 Å². The number of nitrogens with zero attached hydrogens (tertiary/aromatic N) is 3. The number of rotatable bonds is 6. The molecule has 1 aromatic heterocycles. The maximum atomic E-state index is 12.7. The Morgan fingerprint density at radius 1 is 1.16 bits per heavy atom. The summed E-state index contributed by atoms with van der Waals surface area (Å²) < 4.78 is 40.6. The van der Waals surface area contributed by atoms with Gasteiger partial charge in [0.25, 0.3) is 5.91 Å². The van der Waals surface area contributed by atoms with Gasteiger partial charge in [0.2, 0.25) is 5.91 Å². The van der Waals surface area contributed by atoms with Gasteiger partial charge in [-0.25, -0.2) is 9.97 Å². The van der Waals surface area contributed by atoms with E-state index in [0.29, 0.717) is 30.8 Å². The number of hydrogen-bond donors (Lipinski definition) is 1. The van der Waals surface area contributed by atoms with Crippen LogP contribution >= 0.6 is 0 Å². The molecule has 1 aliphatic heterocycles. The van der Waals surface area contributed by atoms with Crippen molar-refractivity contribution in [2.45, 2.75) is 50.9 Å². The molecule has 2 heterocycles. The normalized spacial score (nSPS) is 16.0. The molecule has 7 nitrogen and oxygen atoms in total. The van der Waals surface area contributed by atoms with Crippen molar-refractivity contribution in [2.75, 3.05) is 6.54 Å². The molecule has 4 rings (SSSR count). The topological polar surface area (TPSA) is 98.4 Å². The summed E-state index contributed by atoms with van der Waals surface area (Å²) in [6.45, 7) is 0.694. The van der Waals surface area contributed by atoms with Crippen molar-refractivity contribution in [2.24, 2.45) is 5.73 Å². The van der Waals surface area contributed by atoms with Crippen LogP contribution in [-0.2, 0) is 24.2 Å². The van der Waals surface area contributed by atoms with E-state index in [2.05, 4.69) is 14.7 Å². The molecule has 31 heavy (non-hydrogen) atoms. The summed E-state index contributed by atoms with van der Waals surface area (Å²) in [5, 5.41) is 0. The first-order valence-corrected chi connectivity index (χ1v) is 10.0. The van der Waals surface area contributed by atoms with E-state index in [4.69, 9.17) is 5.73 Å². The van der Waals surface area contributed by atoms with Gasteiger partial charge in [0.05, 0.1) is 5.69 Å². The molecule has 2 aliphatic rings. The largest absolute Gasteiger partial charge is 0.573 e. The van der Waals surface area contributed by atoms with Crippen LogP contribution in [0.5, 0.6) is 5.75 Å². The van der Waals surface area contributed by atoms with Crippen molar-refractivity contribution in [3.05, 3.63) is 52.6 Å². The van der Waals surface area contributed by atoms with Crippen LogP contribution in [0, 0.1) is 0 Å². The van der Waals surface area contributed by atoms with E-state index in [-0.39, 0.29) is 36.2 Å². The number of alkyl halides is 3. The number of halogens is 3. The Balaban J connectivity index is 1.39. The van der Waals surface area contributed by atoms with Crippen LogP contribution in [0.25, 0.3) is 0 Å². The molecule has 0 bridgehead atoms. The summed E-state index contributed by atoms with van der Waals surface area (Å²) in [5.41, 5.74) is 7.80. The molecule has 2 aromatic rings. The fourth-order valence-corrected chi connectivity index (χ4v) is 3.64. The quantitative estimate of drug-likeness (QED) is 0.754. The highest BCUT2D eigenvalue weighted by Gasteiger charge is 2.32. The summed E-state index contributed by atoms with van der Waals surface area (Å²) in [6, 6.07) is 5.44. The molecule has 1 aliphatic carbocycles. The molecular formula is C21H21F3N4O3. The molecule has 164 valence electrons. The van der Waals surface area contributed by atoms with Crippen LogP contribution in [0.3, 0.4) is 0 Å². The van der Waals surface area contributed by atoms with Gasteiger partial charge in [0.1, 0.15) is 17.3 Å². The predicted octanol–water partition coefficient (Wildman–Crippen LogP) is 2.87. The van der Waals surface area contributed by atoms with Gasteiger partial charge in [0, 0.05) is 37.4 Å². The Hall–Kier alpha value is -3.17. The Labute approximate surface area is 176 Å². The van der Waals surface area contributed by atoms with Crippen LogP contribution in [0.15, 0.2) is 24.3 Å². The number of carbonyl (C=O) groups is 2. The summed E-state index contributed by atoms with van der Waals surface area (Å²) >= 11 is 0. The number of hydrogen-bond acceptors (Lipinski definition) is 5. The number of ether oxygens (including phenoxy) is 1. The van der Waals surface area contributed by atoms with Crippen molar-refractivity contribution >= 4 is 11.8 Å². The van der Waals surface area contributed by atoms with Gasteiger partial charge >= 0.3 is 6.36 Å².